The van der Waals surface area contributed by atoms with Crippen LogP contribution in [-0.2, 0) is 0 Å². The molecule has 11 rings (SSSR count). The second kappa shape index (κ2) is 10.4. The van der Waals surface area contributed by atoms with Gasteiger partial charge in [-0.2, -0.15) is 0 Å². The quantitative estimate of drug-likeness (QED) is 0.192. The minimum atomic E-state index is 0.848. The Hall–Kier alpha value is -6.78. The fraction of sp³-hybridized carbons (Fsp3) is 0. The molecular formula is C46H27NO3. The van der Waals surface area contributed by atoms with E-state index in [9.17, 15) is 0 Å². The molecule has 4 nitrogen and oxygen atoms in total. The van der Waals surface area contributed by atoms with Crippen molar-refractivity contribution in [1.82, 2.24) is 0 Å². The molecule has 0 aliphatic heterocycles. The van der Waals surface area contributed by atoms with E-state index in [-0.39, 0.29) is 0 Å². The Morgan fingerprint density at radius 3 is 1.44 bits per heavy atom. The zero-order chi connectivity index (χ0) is 32.8. The maximum atomic E-state index is 6.49. The molecule has 0 aliphatic carbocycles. The van der Waals surface area contributed by atoms with Crippen LogP contribution in [0.1, 0.15) is 0 Å². The van der Waals surface area contributed by atoms with Crippen molar-refractivity contribution in [3.8, 4) is 11.1 Å². The van der Waals surface area contributed by atoms with Crippen molar-refractivity contribution >= 4 is 93.7 Å². The number of rotatable bonds is 4. The number of benzene rings is 8. The number of fused-ring (bicyclic) bond motifs is 11. The van der Waals surface area contributed by atoms with E-state index in [1.807, 2.05) is 36.4 Å². The molecule has 0 spiro atoms. The number of nitrogens with zero attached hydrogens (tertiary/aromatic N) is 1. The van der Waals surface area contributed by atoms with Crippen LogP contribution in [0.4, 0.5) is 17.1 Å². The maximum Gasteiger partial charge on any atom is 0.143 e. The van der Waals surface area contributed by atoms with Crippen LogP contribution in [0.15, 0.2) is 177 Å². The van der Waals surface area contributed by atoms with Crippen molar-refractivity contribution in [3.63, 3.8) is 0 Å². The maximum absolute atomic E-state index is 6.49. The van der Waals surface area contributed by atoms with Gasteiger partial charge in [-0.3, -0.25) is 0 Å². The van der Waals surface area contributed by atoms with Crippen LogP contribution >= 0.6 is 0 Å². The molecule has 0 radical (unpaired) electrons. The van der Waals surface area contributed by atoms with E-state index < -0.39 is 0 Å². The van der Waals surface area contributed by atoms with Crippen molar-refractivity contribution in [3.05, 3.63) is 164 Å². The Bertz CT molecular complexity index is 2990. The van der Waals surface area contributed by atoms with E-state index in [4.69, 9.17) is 13.3 Å². The number of hydrogen-bond acceptors (Lipinski definition) is 4. The molecule has 0 N–H and O–H groups in total. The Kier molecular flexibility index (Phi) is 5.63. The van der Waals surface area contributed by atoms with Gasteiger partial charge in [-0.15, -0.1) is 0 Å². The fourth-order valence-electron chi connectivity index (χ4n) is 7.73. The molecule has 0 fully saturated rings. The number of furan rings is 3. The van der Waals surface area contributed by atoms with Gasteiger partial charge < -0.3 is 18.2 Å². The molecular weight excluding hydrogens is 615 g/mol. The smallest absolute Gasteiger partial charge is 0.143 e. The van der Waals surface area contributed by atoms with Crippen molar-refractivity contribution in [2.45, 2.75) is 0 Å². The van der Waals surface area contributed by atoms with Crippen LogP contribution in [0.2, 0.25) is 0 Å². The number of anilines is 3. The first-order valence-electron chi connectivity index (χ1n) is 16.8. The van der Waals surface area contributed by atoms with Crippen molar-refractivity contribution in [2.24, 2.45) is 0 Å². The molecule has 0 bridgehead atoms. The van der Waals surface area contributed by atoms with Gasteiger partial charge in [0.05, 0.1) is 0 Å². The molecule has 0 saturated carbocycles. The lowest BCUT2D eigenvalue weighted by Gasteiger charge is -2.25. The summed E-state index contributed by atoms with van der Waals surface area (Å²) in [6, 6.07) is 57.2. The molecule has 3 aromatic heterocycles. The molecule has 8 aromatic carbocycles. The minimum absolute atomic E-state index is 0.848. The second-order valence-corrected chi connectivity index (χ2v) is 12.9. The highest BCUT2D eigenvalue weighted by atomic mass is 16.3. The Labute approximate surface area is 286 Å². The summed E-state index contributed by atoms with van der Waals surface area (Å²) in [5, 5.41) is 8.94. The van der Waals surface area contributed by atoms with Crippen LogP contribution in [0.3, 0.4) is 0 Å². The zero-order valence-corrected chi connectivity index (χ0v) is 26.8. The number of hydrogen-bond donors (Lipinski definition) is 0. The van der Waals surface area contributed by atoms with Crippen LogP contribution < -0.4 is 4.90 Å². The van der Waals surface area contributed by atoms with E-state index in [0.29, 0.717) is 0 Å². The summed E-state index contributed by atoms with van der Waals surface area (Å²) >= 11 is 0. The van der Waals surface area contributed by atoms with Gasteiger partial charge in [0, 0.05) is 66.9 Å². The summed E-state index contributed by atoms with van der Waals surface area (Å²) in [5.41, 5.74) is 10.6. The SMILES string of the molecule is c1ccc2c(c1)cc(-c1ccc(N(c3ccc4c(c3)oc3ccccc34)c3ccc4c(c3)oc3ccccc34)cc1)c1c3ccccc3oc21. The van der Waals surface area contributed by atoms with Crippen molar-refractivity contribution in [2.75, 3.05) is 4.90 Å². The van der Waals surface area contributed by atoms with E-state index in [1.165, 1.54) is 0 Å². The predicted octanol–water partition coefficient (Wildman–Crippen LogP) is 13.7. The lowest BCUT2D eigenvalue weighted by molar-refractivity contribution is 0.669. The van der Waals surface area contributed by atoms with E-state index in [2.05, 4.69) is 132 Å². The monoisotopic (exact) mass is 641 g/mol. The van der Waals surface area contributed by atoms with Gasteiger partial charge in [0.2, 0.25) is 0 Å². The largest absolute Gasteiger partial charge is 0.456 e. The summed E-state index contributed by atoms with van der Waals surface area (Å²) in [5.74, 6) is 0. The van der Waals surface area contributed by atoms with Gasteiger partial charge in [0.15, 0.2) is 0 Å². The molecule has 0 amide bonds. The summed E-state index contributed by atoms with van der Waals surface area (Å²) in [6.45, 7) is 0. The zero-order valence-electron chi connectivity index (χ0n) is 26.8. The Balaban J connectivity index is 1.10. The van der Waals surface area contributed by atoms with Gasteiger partial charge in [-0.1, -0.05) is 91.0 Å². The highest BCUT2D eigenvalue weighted by Crippen LogP contribution is 2.44. The van der Waals surface area contributed by atoms with E-state index in [1.54, 1.807) is 0 Å². The van der Waals surface area contributed by atoms with Gasteiger partial charge >= 0.3 is 0 Å². The standard InChI is InChI=1S/C46H27NO3/c1-2-10-33-29(9-1)25-39(45-38-13-5-8-16-42(38)50-46(33)45)28-17-19-30(20-18-28)47(31-21-23-36-34-11-3-6-14-40(34)48-43(36)26-31)32-22-24-37-35-12-4-7-15-41(35)49-44(37)27-32/h1-27H. The predicted molar refractivity (Wildman–Crippen MR) is 206 cm³/mol. The number of para-hydroxylation sites is 3. The van der Waals surface area contributed by atoms with E-state index >= 15 is 0 Å². The highest BCUT2D eigenvalue weighted by molar-refractivity contribution is 6.21. The summed E-state index contributed by atoms with van der Waals surface area (Å²) in [7, 11) is 0. The first-order chi connectivity index (χ1) is 24.8. The van der Waals surface area contributed by atoms with Gasteiger partial charge in [-0.25, -0.2) is 0 Å². The van der Waals surface area contributed by atoms with Crippen LogP contribution in [0, 0.1) is 0 Å². The average Bonchev–Trinajstić information content (AvgIpc) is 3.86. The summed E-state index contributed by atoms with van der Waals surface area (Å²) < 4.78 is 19.2. The van der Waals surface area contributed by atoms with Gasteiger partial charge in [0.25, 0.3) is 0 Å². The molecule has 0 atom stereocenters. The minimum Gasteiger partial charge on any atom is -0.456 e. The van der Waals surface area contributed by atoms with Gasteiger partial charge in [-0.05, 0) is 77.2 Å². The molecule has 11 aromatic rings. The Morgan fingerprint density at radius 2 is 0.820 bits per heavy atom. The molecule has 50 heavy (non-hydrogen) atoms. The molecule has 0 aliphatic rings. The molecule has 4 heteroatoms. The third kappa shape index (κ3) is 3.99. The molecule has 0 unspecified atom stereocenters. The first-order valence-corrected chi connectivity index (χ1v) is 16.8. The third-order valence-electron chi connectivity index (χ3n) is 10.0. The van der Waals surface area contributed by atoms with Crippen LogP contribution in [-0.4, -0.2) is 0 Å². The third-order valence-corrected chi connectivity index (χ3v) is 10.0. The normalized spacial score (nSPS) is 12.0. The van der Waals surface area contributed by atoms with Gasteiger partial charge in [0.1, 0.15) is 33.5 Å². The lowest BCUT2D eigenvalue weighted by atomic mass is 9.95. The topological polar surface area (TPSA) is 42.7 Å². The highest BCUT2D eigenvalue weighted by Gasteiger charge is 2.20. The average molecular weight is 642 g/mol. The molecule has 0 saturated heterocycles. The second-order valence-electron chi connectivity index (χ2n) is 12.9. The van der Waals surface area contributed by atoms with E-state index in [0.717, 1.165) is 105 Å². The fourth-order valence-corrected chi connectivity index (χ4v) is 7.73. The van der Waals surface area contributed by atoms with Crippen LogP contribution in [0.5, 0.6) is 0 Å². The van der Waals surface area contributed by atoms with Crippen molar-refractivity contribution in [1.29, 1.82) is 0 Å². The van der Waals surface area contributed by atoms with Crippen molar-refractivity contribution < 1.29 is 13.3 Å². The van der Waals surface area contributed by atoms with Crippen LogP contribution in [0.25, 0.3) is 87.7 Å². The lowest BCUT2D eigenvalue weighted by Crippen LogP contribution is -2.09. The first kappa shape index (κ1) is 27.2. The summed E-state index contributed by atoms with van der Waals surface area (Å²) in [6.07, 6.45) is 0. The molecule has 3 heterocycles. The summed E-state index contributed by atoms with van der Waals surface area (Å²) in [4.78, 5) is 2.27. The Morgan fingerprint density at radius 1 is 0.340 bits per heavy atom. The molecule has 234 valence electrons.